The highest BCUT2D eigenvalue weighted by molar-refractivity contribution is 6.00. The van der Waals surface area contributed by atoms with Gasteiger partial charge in [-0.05, 0) is 25.1 Å². The van der Waals surface area contributed by atoms with E-state index >= 15 is 0 Å². The van der Waals surface area contributed by atoms with Gasteiger partial charge in [0, 0.05) is 7.05 Å². The molecule has 1 aliphatic heterocycles. The molecule has 0 fully saturated rings. The standard InChI is InChI=1S/C15H15FN2O3/c1-8-14(15(20-3)18(2)17-8)13-7-11(19)10-6-9(16)4-5-12(10)21-13/h4-6,13H,7H2,1-3H3. The number of aryl methyl sites for hydroxylation is 2. The molecule has 1 unspecified atom stereocenters. The second-order valence-electron chi connectivity index (χ2n) is 5.01. The van der Waals surface area contributed by atoms with Gasteiger partial charge < -0.3 is 9.47 Å². The third-order valence-electron chi connectivity index (χ3n) is 3.61. The minimum Gasteiger partial charge on any atom is -0.484 e. The summed E-state index contributed by atoms with van der Waals surface area (Å²) in [7, 11) is 3.32. The number of hydrogen-bond acceptors (Lipinski definition) is 4. The molecule has 0 spiro atoms. The van der Waals surface area contributed by atoms with E-state index in [0.717, 1.165) is 11.3 Å². The number of rotatable bonds is 2. The largest absolute Gasteiger partial charge is 0.484 e. The second-order valence-corrected chi connectivity index (χ2v) is 5.01. The molecule has 2 aromatic rings. The molecule has 1 atom stereocenters. The van der Waals surface area contributed by atoms with E-state index in [-0.39, 0.29) is 17.8 Å². The molecule has 1 aliphatic rings. The zero-order chi connectivity index (χ0) is 15.1. The number of carbonyl (C=O) groups is 1. The van der Waals surface area contributed by atoms with Crippen molar-refractivity contribution < 1.29 is 18.7 Å². The summed E-state index contributed by atoms with van der Waals surface area (Å²) < 4.78 is 26.0. The fourth-order valence-corrected chi connectivity index (χ4v) is 2.72. The van der Waals surface area contributed by atoms with Gasteiger partial charge in [0.05, 0.1) is 30.4 Å². The van der Waals surface area contributed by atoms with Gasteiger partial charge in [0.15, 0.2) is 5.78 Å². The van der Waals surface area contributed by atoms with Crippen molar-refractivity contribution in [2.75, 3.05) is 7.11 Å². The molecule has 3 rings (SSSR count). The van der Waals surface area contributed by atoms with E-state index in [1.165, 1.54) is 18.2 Å². The van der Waals surface area contributed by atoms with Crippen LogP contribution in [0, 0.1) is 12.7 Å². The number of nitrogens with zero attached hydrogens (tertiary/aromatic N) is 2. The molecule has 110 valence electrons. The molecular formula is C15H15FN2O3. The number of ether oxygens (including phenoxy) is 2. The summed E-state index contributed by atoms with van der Waals surface area (Å²) in [6.45, 7) is 1.84. The fourth-order valence-electron chi connectivity index (χ4n) is 2.72. The molecule has 1 aromatic carbocycles. The number of Topliss-reactive ketones (excluding diaryl/α,β-unsaturated/α-hetero) is 1. The van der Waals surface area contributed by atoms with Gasteiger partial charge in [0.25, 0.3) is 0 Å². The summed E-state index contributed by atoms with van der Waals surface area (Å²) >= 11 is 0. The Morgan fingerprint density at radius 2 is 2.24 bits per heavy atom. The topological polar surface area (TPSA) is 53.4 Å². The predicted molar refractivity (Wildman–Crippen MR) is 73.2 cm³/mol. The average molecular weight is 290 g/mol. The van der Waals surface area contributed by atoms with E-state index < -0.39 is 11.9 Å². The van der Waals surface area contributed by atoms with Gasteiger partial charge in [0.2, 0.25) is 5.88 Å². The number of hydrogen-bond donors (Lipinski definition) is 0. The summed E-state index contributed by atoms with van der Waals surface area (Å²) in [6.07, 6.45) is -0.335. The number of halogens is 1. The lowest BCUT2D eigenvalue weighted by Crippen LogP contribution is -2.21. The molecule has 0 bridgehead atoms. The summed E-state index contributed by atoms with van der Waals surface area (Å²) in [5.41, 5.74) is 1.78. The van der Waals surface area contributed by atoms with Gasteiger partial charge >= 0.3 is 0 Å². The highest BCUT2D eigenvalue weighted by Crippen LogP contribution is 2.39. The summed E-state index contributed by atoms with van der Waals surface area (Å²) in [5, 5.41) is 4.29. The zero-order valence-electron chi connectivity index (χ0n) is 12.0. The van der Waals surface area contributed by atoms with Crippen molar-refractivity contribution in [2.45, 2.75) is 19.4 Å². The zero-order valence-corrected chi connectivity index (χ0v) is 12.0. The maximum atomic E-state index is 13.2. The van der Waals surface area contributed by atoms with Crippen molar-refractivity contribution >= 4 is 5.78 Å². The Balaban J connectivity index is 2.04. The van der Waals surface area contributed by atoms with Crippen LogP contribution in [-0.2, 0) is 7.05 Å². The van der Waals surface area contributed by atoms with Crippen LogP contribution in [-0.4, -0.2) is 22.7 Å². The molecule has 0 saturated heterocycles. The van der Waals surface area contributed by atoms with Gasteiger partial charge in [-0.3, -0.25) is 4.79 Å². The minimum absolute atomic E-state index is 0.138. The first-order valence-corrected chi connectivity index (χ1v) is 6.58. The fraction of sp³-hybridized carbons (Fsp3) is 0.333. The van der Waals surface area contributed by atoms with Crippen LogP contribution in [0.1, 0.15) is 34.1 Å². The molecule has 2 heterocycles. The average Bonchev–Trinajstić information content (AvgIpc) is 2.73. The van der Waals surface area contributed by atoms with Crippen LogP contribution in [0.2, 0.25) is 0 Å². The molecule has 0 N–H and O–H groups in total. The highest BCUT2D eigenvalue weighted by Gasteiger charge is 2.33. The van der Waals surface area contributed by atoms with Gasteiger partial charge in [-0.15, -0.1) is 0 Å². The Morgan fingerprint density at radius 1 is 1.48 bits per heavy atom. The molecule has 1 aromatic heterocycles. The summed E-state index contributed by atoms with van der Waals surface area (Å²) in [4.78, 5) is 12.2. The number of aromatic nitrogens is 2. The number of methoxy groups -OCH3 is 1. The van der Waals surface area contributed by atoms with Crippen molar-refractivity contribution in [1.29, 1.82) is 0 Å². The molecule has 0 amide bonds. The van der Waals surface area contributed by atoms with Crippen LogP contribution in [0.4, 0.5) is 4.39 Å². The van der Waals surface area contributed by atoms with E-state index in [0.29, 0.717) is 11.6 Å². The Morgan fingerprint density at radius 3 is 2.95 bits per heavy atom. The normalized spacial score (nSPS) is 17.3. The summed E-state index contributed by atoms with van der Waals surface area (Å²) in [6, 6.07) is 3.97. The Hall–Kier alpha value is -2.37. The molecule has 6 heteroatoms. The Bertz CT molecular complexity index is 724. The van der Waals surface area contributed by atoms with E-state index in [2.05, 4.69) is 5.10 Å². The Kier molecular flexibility index (Phi) is 3.16. The number of fused-ring (bicyclic) bond motifs is 1. The lowest BCUT2D eigenvalue weighted by atomic mass is 9.96. The number of carbonyl (C=O) groups excluding carboxylic acids is 1. The van der Waals surface area contributed by atoms with Crippen LogP contribution in [0.25, 0.3) is 0 Å². The highest BCUT2D eigenvalue weighted by atomic mass is 19.1. The monoisotopic (exact) mass is 290 g/mol. The van der Waals surface area contributed by atoms with Crippen LogP contribution >= 0.6 is 0 Å². The summed E-state index contributed by atoms with van der Waals surface area (Å²) in [5.74, 6) is 0.365. The van der Waals surface area contributed by atoms with Crippen molar-refractivity contribution in [3.8, 4) is 11.6 Å². The van der Waals surface area contributed by atoms with Crippen LogP contribution in [0.5, 0.6) is 11.6 Å². The third-order valence-corrected chi connectivity index (χ3v) is 3.61. The predicted octanol–water partition coefficient (Wildman–Crippen LogP) is 2.58. The Labute approximate surface area is 121 Å². The first-order valence-electron chi connectivity index (χ1n) is 6.58. The SMILES string of the molecule is COc1c(C2CC(=O)c3cc(F)ccc3O2)c(C)nn1C. The lowest BCUT2D eigenvalue weighted by Gasteiger charge is -2.25. The van der Waals surface area contributed by atoms with E-state index in [4.69, 9.17) is 9.47 Å². The lowest BCUT2D eigenvalue weighted by molar-refractivity contribution is 0.0845. The van der Waals surface area contributed by atoms with E-state index in [1.807, 2.05) is 6.92 Å². The third kappa shape index (κ3) is 2.16. The van der Waals surface area contributed by atoms with Crippen LogP contribution < -0.4 is 9.47 Å². The maximum absolute atomic E-state index is 13.2. The van der Waals surface area contributed by atoms with E-state index in [9.17, 15) is 9.18 Å². The molecule has 0 aliphatic carbocycles. The smallest absolute Gasteiger partial charge is 0.218 e. The number of ketones is 1. The molecule has 0 radical (unpaired) electrons. The van der Waals surface area contributed by atoms with Crippen LogP contribution in [0.3, 0.4) is 0 Å². The molecular weight excluding hydrogens is 275 g/mol. The minimum atomic E-state index is -0.473. The first kappa shape index (κ1) is 13.6. The van der Waals surface area contributed by atoms with Gasteiger partial charge in [-0.1, -0.05) is 0 Å². The van der Waals surface area contributed by atoms with Crippen molar-refractivity contribution in [3.05, 3.63) is 40.8 Å². The van der Waals surface area contributed by atoms with Gasteiger partial charge in [-0.25, -0.2) is 9.07 Å². The first-order chi connectivity index (χ1) is 10.0. The van der Waals surface area contributed by atoms with Crippen molar-refractivity contribution in [2.24, 2.45) is 7.05 Å². The quantitative estimate of drug-likeness (QED) is 0.853. The second kappa shape index (κ2) is 4.87. The molecule has 21 heavy (non-hydrogen) atoms. The van der Waals surface area contributed by atoms with Crippen molar-refractivity contribution in [3.63, 3.8) is 0 Å². The number of benzene rings is 1. The maximum Gasteiger partial charge on any atom is 0.218 e. The van der Waals surface area contributed by atoms with Gasteiger partial charge in [0.1, 0.15) is 17.7 Å². The molecule has 5 nitrogen and oxygen atoms in total. The van der Waals surface area contributed by atoms with Crippen molar-refractivity contribution in [1.82, 2.24) is 9.78 Å². The van der Waals surface area contributed by atoms with E-state index in [1.54, 1.807) is 18.8 Å². The van der Waals surface area contributed by atoms with Gasteiger partial charge in [-0.2, -0.15) is 5.10 Å². The van der Waals surface area contributed by atoms with Crippen LogP contribution in [0.15, 0.2) is 18.2 Å². The molecule has 0 saturated carbocycles.